The second kappa shape index (κ2) is 5.95. The molecule has 0 bridgehead atoms. The predicted molar refractivity (Wildman–Crippen MR) is 85.9 cm³/mol. The van der Waals surface area contributed by atoms with Crippen LogP contribution in [-0.4, -0.2) is 20.9 Å². The maximum atomic E-state index is 11.4. The van der Waals surface area contributed by atoms with E-state index < -0.39 is 0 Å². The van der Waals surface area contributed by atoms with Crippen molar-refractivity contribution < 1.29 is 4.79 Å². The summed E-state index contributed by atoms with van der Waals surface area (Å²) in [6, 6.07) is 9.07. The lowest BCUT2D eigenvalue weighted by molar-refractivity contribution is -0.115. The van der Waals surface area contributed by atoms with Gasteiger partial charge in [-0.05, 0) is 40.2 Å². The molecule has 3 rings (SSSR count). The van der Waals surface area contributed by atoms with Crippen LogP contribution in [0.15, 0.2) is 41.1 Å². The molecular weight excluding hydrogens is 346 g/mol. The maximum Gasteiger partial charge on any atom is 0.238 e. The van der Waals surface area contributed by atoms with Gasteiger partial charge in [0.15, 0.2) is 0 Å². The second-order valence-electron chi connectivity index (χ2n) is 4.59. The monoisotopic (exact) mass is 355 g/mol. The summed E-state index contributed by atoms with van der Waals surface area (Å²) in [5.74, 6) is 0.363. The highest BCUT2D eigenvalue weighted by atomic mass is 79.9. The van der Waals surface area contributed by atoms with Crippen LogP contribution in [0.4, 0.5) is 5.69 Å². The summed E-state index contributed by atoms with van der Waals surface area (Å²) in [5, 5.41) is 11.2. The Kier molecular flexibility index (Phi) is 3.85. The van der Waals surface area contributed by atoms with Gasteiger partial charge in [0.1, 0.15) is 12.2 Å². The number of carbonyl (C=O) groups excluding carboxylic acids is 1. The molecule has 0 unspecified atom stereocenters. The molecular formula is C15H10BrN5O. The van der Waals surface area contributed by atoms with Gasteiger partial charge in [-0.25, -0.2) is 4.98 Å². The Morgan fingerprint density at radius 2 is 2.23 bits per heavy atom. The van der Waals surface area contributed by atoms with E-state index in [2.05, 4.69) is 36.2 Å². The number of benzene rings is 1. The number of nitrogens with one attached hydrogen (secondary N) is 2. The van der Waals surface area contributed by atoms with Crippen molar-refractivity contribution in [2.45, 2.75) is 6.42 Å². The number of hydrogen-bond acceptors (Lipinski definition) is 4. The third-order valence-corrected chi connectivity index (χ3v) is 3.42. The van der Waals surface area contributed by atoms with Crippen LogP contribution < -0.4 is 5.32 Å². The van der Waals surface area contributed by atoms with Gasteiger partial charge < -0.3 is 10.3 Å². The molecule has 1 amide bonds. The minimum atomic E-state index is -0.335. The molecule has 0 radical (unpaired) electrons. The van der Waals surface area contributed by atoms with E-state index in [1.165, 1.54) is 0 Å². The topological polar surface area (TPSA) is 94.5 Å². The Bertz CT molecular complexity index is 896. The Morgan fingerprint density at radius 3 is 3.00 bits per heavy atom. The van der Waals surface area contributed by atoms with E-state index in [0.717, 1.165) is 21.1 Å². The third kappa shape index (κ3) is 2.97. The molecule has 0 saturated heterocycles. The number of amides is 1. The van der Waals surface area contributed by atoms with Gasteiger partial charge in [0.25, 0.3) is 0 Å². The molecule has 0 atom stereocenters. The molecule has 2 aromatic heterocycles. The van der Waals surface area contributed by atoms with Crippen molar-refractivity contribution in [2.75, 3.05) is 5.32 Å². The van der Waals surface area contributed by atoms with E-state index in [1.807, 2.05) is 18.2 Å². The molecule has 0 fully saturated rings. The van der Waals surface area contributed by atoms with E-state index >= 15 is 0 Å². The predicted octanol–water partition coefficient (Wildman–Crippen LogP) is 3.24. The van der Waals surface area contributed by atoms with Crippen LogP contribution >= 0.6 is 15.9 Å². The van der Waals surface area contributed by atoms with Crippen LogP contribution in [-0.2, 0) is 4.79 Å². The summed E-state index contributed by atoms with van der Waals surface area (Å²) in [4.78, 5) is 23.2. The molecule has 0 spiro atoms. The summed E-state index contributed by atoms with van der Waals surface area (Å²) in [6.07, 6.45) is 3.25. The van der Waals surface area contributed by atoms with Crippen LogP contribution in [0.1, 0.15) is 6.42 Å². The van der Waals surface area contributed by atoms with E-state index in [4.69, 9.17) is 5.26 Å². The quantitative estimate of drug-likeness (QED) is 0.753. The number of rotatable bonds is 3. The third-order valence-electron chi connectivity index (χ3n) is 2.98. The molecule has 6 nitrogen and oxygen atoms in total. The SMILES string of the molecule is N#CCC(=O)Nc1ccc2nc(-c3cncc(Br)c3)[nH]c2c1. The van der Waals surface area contributed by atoms with Crippen molar-refractivity contribution >= 4 is 38.6 Å². The van der Waals surface area contributed by atoms with Gasteiger partial charge in [0, 0.05) is 28.1 Å². The Balaban J connectivity index is 1.94. The molecule has 2 heterocycles. The first-order chi connectivity index (χ1) is 10.7. The fourth-order valence-corrected chi connectivity index (χ4v) is 2.41. The first-order valence-corrected chi connectivity index (χ1v) is 7.22. The number of carbonyl (C=O) groups is 1. The number of nitriles is 1. The Labute approximate surface area is 134 Å². The highest BCUT2D eigenvalue weighted by Crippen LogP contribution is 2.24. The van der Waals surface area contributed by atoms with Crippen LogP contribution in [0.25, 0.3) is 22.4 Å². The lowest BCUT2D eigenvalue weighted by Crippen LogP contribution is -2.09. The van der Waals surface area contributed by atoms with Crippen molar-refractivity contribution in [1.82, 2.24) is 15.0 Å². The molecule has 0 aliphatic heterocycles. The van der Waals surface area contributed by atoms with E-state index in [0.29, 0.717) is 11.5 Å². The highest BCUT2D eigenvalue weighted by molar-refractivity contribution is 9.10. The van der Waals surface area contributed by atoms with Crippen LogP contribution in [0.2, 0.25) is 0 Å². The zero-order valence-corrected chi connectivity index (χ0v) is 12.9. The van der Waals surface area contributed by atoms with Gasteiger partial charge in [-0.15, -0.1) is 0 Å². The minimum Gasteiger partial charge on any atom is -0.338 e. The molecule has 0 aliphatic carbocycles. The number of aromatic nitrogens is 3. The largest absolute Gasteiger partial charge is 0.338 e. The normalized spacial score (nSPS) is 10.4. The number of hydrogen-bond donors (Lipinski definition) is 2. The first kappa shape index (κ1) is 14.2. The van der Waals surface area contributed by atoms with Crippen molar-refractivity contribution in [3.8, 4) is 17.5 Å². The number of H-pyrrole nitrogens is 1. The first-order valence-electron chi connectivity index (χ1n) is 6.43. The van der Waals surface area contributed by atoms with Crippen LogP contribution in [0.3, 0.4) is 0 Å². The standard InChI is InChI=1S/C15H10BrN5O/c16-10-5-9(7-18-8-10)15-20-12-2-1-11(6-13(12)21-15)19-14(22)3-4-17/h1-2,5-8H,3H2,(H,19,22)(H,20,21). The molecule has 2 N–H and O–H groups in total. The molecule has 3 aromatic rings. The number of halogens is 1. The van der Waals surface area contributed by atoms with Crippen molar-refractivity contribution in [1.29, 1.82) is 5.26 Å². The summed E-state index contributed by atoms with van der Waals surface area (Å²) in [6.45, 7) is 0. The number of pyridine rings is 1. The number of fused-ring (bicyclic) bond motifs is 1. The summed E-state index contributed by atoms with van der Waals surface area (Å²) in [7, 11) is 0. The second-order valence-corrected chi connectivity index (χ2v) is 5.51. The van der Waals surface area contributed by atoms with Gasteiger partial charge in [-0.3, -0.25) is 9.78 Å². The minimum absolute atomic E-state index is 0.171. The smallest absolute Gasteiger partial charge is 0.238 e. The zero-order valence-electron chi connectivity index (χ0n) is 11.3. The van der Waals surface area contributed by atoms with Gasteiger partial charge in [-0.2, -0.15) is 5.26 Å². The van der Waals surface area contributed by atoms with Crippen molar-refractivity contribution in [3.05, 3.63) is 41.1 Å². The maximum absolute atomic E-state index is 11.4. The van der Waals surface area contributed by atoms with Gasteiger partial charge >= 0.3 is 0 Å². The average Bonchev–Trinajstić information content (AvgIpc) is 2.90. The van der Waals surface area contributed by atoms with Crippen molar-refractivity contribution in [2.24, 2.45) is 0 Å². The molecule has 22 heavy (non-hydrogen) atoms. The number of anilines is 1. The summed E-state index contributed by atoms with van der Waals surface area (Å²) >= 11 is 3.38. The molecule has 1 aromatic carbocycles. The number of nitrogens with zero attached hydrogens (tertiary/aromatic N) is 3. The van der Waals surface area contributed by atoms with E-state index in [-0.39, 0.29) is 12.3 Å². The summed E-state index contributed by atoms with van der Waals surface area (Å²) in [5.41, 5.74) is 3.06. The highest BCUT2D eigenvalue weighted by Gasteiger charge is 2.08. The Hall–Kier alpha value is -2.72. The molecule has 7 heteroatoms. The lowest BCUT2D eigenvalue weighted by Gasteiger charge is -2.01. The van der Waals surface area contributed by atoms with Crippen molar-refractivity contribution in [3.63, 3.8) is 0 Å². The number of aromatic amines is 1. The zero-order chi connectivity index (χ0) is 15.5. The van der Waals surface area contributed by atoms with Crippen LogP contribution in [0.5, 0.6) is 0 Å². The van der Waals surface area contributed by atoms with Gasteiger partial charge in [0.05, 0.1) is 17.1 Å². The molecule has 0 saturated carbocycles. The Morgan fingerprint density at radius 1 is 1.36 bits per heavy atom. The van der Waals surface area contributed by atoms with E-state index in [1.54, 1.807) is 24.5 Å². The lowest BCUT2D eigenvalue weighted by atomic mass is 10.2. The fraction of sp³-hybridized carbons (Fsp3) is 0.0667. The molecule has 0 aliphatic rings. The molecule has 108 valence electrons. The average molecular weight is 356 g/mol. The van der Waals surface area contributed by atoms with Gasteiger partial charge in [-0.1, -0.05) is 0 Å². The number of imidazole rings is 1. The summed E-state index contributed by atoms with van der Waals surface area (Å²) < 4.78 is 0.870. The van der Waals surface area contributed by atoms with Crippen LogP contribution in [0, 0.1) is 11.3 Å². The van der Waals surface area contributed by atoms with E-state index in [9.17, 15) is 4.79 Å². The fourth-order valence-electron chi connectivity index (χ4n) is 2.04. The van der Waals surface area contributed by atoms with Gasteiger partial charge in [0.2, 0.25) is 5.91 Å².